The van der Waals surface area contributed by atoms with E-state index in [0.29, 0.717) is 40.5 Å². The van der Waals surface area contributed by atoms with Gasteiger partial charge in [0.25, 0.3) is 5.91 Å². The van der Waals surface area contributed by atoms with Crippen molar-refractivity contribution in [2.45, 2.75) is 12.5 Å². The summed E-state index contributed by atoms with van der Waals surface area (Å²) in [6, 6.07) is 15.1. The quantitative estimate of drug-likeness (QED) is 0.562. The second kappa shape index (κ2) is 8.74. The lowest BCUT2D eigenvalue weighted by Crippen LogP contribution is -2.49. The maximum absolute atomic E-state index is 13.5. The number of hydrogen-bond donors (Lipinski definition) is 2. The molecule has 2 aliphatic heterocycles. The van der Waals surface area contributed by atoms with Crippen molar-refractivity contribution in [2.75, 3.05) is 33.2 Å². The minimum Gasteiger partial charge on any atom is -0.494 e. The summed E-state index contributed by atoms with van der Waals surface area (Å²) in [5.74, 6) is -0.0616. The van der Waals surface area contributed by atoms with E-state index in [-0.39, 0.29) is 11.8 Å². The number of hydrogen-bond acceptors (Lipinski definition) is 5. The van der Waals surface area contributed by atoms with E-state index in [9.17, 15) is 9.90 Å². The zero-order valence-electron chi connectivity index (χ0n) is 19.1. The highest BCUT2D eigenvalue weighted by atomic mass is 35.5. The summed E-state index contributed by atoms with van der Waals surface area (Å²) in [7, 11) is 2.06. The molecule has 0 radical (unpaired) electrons. The molecule has 3 aromatic rings. The zero-order chi connectivity index (χ0) is 23.9. The minimum absolute atomic E-state index is 0.00525. The number of H-pyrrole nitrogens is 1. The number of fused-ring (bicyclic) bond motifs is 1. The van der Waals surface area contributed by atoms with Gasteiger partial charge in [-0.2, -0.15) is 0 Å². The summed E-state index contributed by atoms with van der Waals surface area (Å²) in [5, 5.41) is 12.3. The molecule has 1 aromatic heterocycles. The van der Waals surface area contributed by atoms with Crippen molar-refractivity contribution in [1.82, 2.24) is 14.8 Å². The van der Waals surface area contributed by atoms with E-state index in [4.69, 9.17) is 16.6 Å². The van der Waals surface area contributed by atoms with Gasteiger partial charge in [-0.05, 0) is 26.1 Å². The highest BCUT2D eigenvalue weighted by Gasteiger charge is 2.38. The van der Waals surface area contributed by atoms with Gasteiger partial charge in [0.05, 0.1) is 22.4 Å². The monoisotopic (exact) mass is 475 g/mol. The largest absolute Gasteiger partial charge is 0.494 e. The molecule has 2 aromatic carbocycles. The van der Waals surface area contributed by atoms with Gasteiger partial charge in [-0.25, -0.2) is 0 Å². The third-order valence-electron chi connectivity index (χ3n) is 6.46. The van der Waals surface area contributed by atoms with Crippen LogP contribution in [0.2, 0.25) is 5.02 Å². The maximum Gasteiger partial charge on any atom is 0.254 e. The van der Waals surface area contributed by atoms with E-state index in [1.807, 2.05) is 48.2 Å². The summed E-state index contributed by atoms with van der Waals surface area (Å²) in [6.45, 7) is 4.89. The molecule has 0 bridgehead atoms. The maximum atomic E-state index is 13.5. The van der Waals surface area contributed by atoms with Gasteiger partial charge in [0.15, 0.2) is 5.88 Å². The van der Waals surface area contributed by atoms with Crippen LogP contribution in [0.1, 0.15) is 18.1 Å². The number of carbonyl (C=O) groups excluding carboxylic acids is 1. The standard InChI is InChI=1S/C26H26ClN5O2/c1-26(16-28-15-20(26)25(34)32-12-10-31(2)11-13-32)30-23(17-6-4-3-5-7-17)22-19-9-8-18(27)14-21(19)29-24(22)33/h3-9,14-16,29,33H,10-13H2,1-2H3. The van der Waals surface area contributed by atoms with Crippen molar-refractivity contribution >= 4 is 40.3 Å². The van der Waals surface area contributed by atoms with Gasteiger partial charge < -0.3 is 19.9 Å². The van der Waals surface area contributed by atoms with Crippen molar-refractivity contribution in [1.29, 1.82) is 0 Å². The number of carbonyl (C=O) groups is 1. The fraction of sp³-hybridized carbons (Fsp3) is 0.269. The van der Waals surface area contributed by atoms with Crippen LogP contribution in [0.5, 0.6) is 5.88 Å². The van der Waals surface area contributed by atoms with Gasteiger partial charge in [0, 0.05) is 54.6 Å². The second-order valence-corrected chi connectivity index (χ2v) is 9.37. The molecule has 0 aliphatic carbocycles. The molecule has 5 rings (SSSR count). The van der Waals surface area contributed by atoms with Crippen LogP contribution in [-0.4, -0.2) is 76.5 Å². The first-order chi connectivity index (χ1) is 16.4. The van der Waals surface area contributed by atoms with Crippen LogP contribution in [0.4, 0.5) is 0 Å². The number of aliphatic imine (C=N–C) groups is 2. The Morgan fingerprint density at radius 1 is 1.15 bits per heavy atom. The van der Waals surface area contributed by atoms with Gasteiger partial charge in [0.1, 0.15) is 5.54 Å². The van der Waals surface area contributed by atoms with Crippen molar-refractivity contribution in [3.8, 4) is 5.88 Å². The first-order valence-electron chi connectivity index (χ1n) is 11.2. The van der Waals surface area contributed by atoms with E-state index >= 15 is 0 Å². The molecule has 34 heavy (non-hydrogen) atoms. The van der Waals surface area contributed by atoms with Crippen LogP contribution in [0.3, 0.4) is 0 Å². The molecule has 174 valence electrons. The molecule has 0 spiro atoms. The number of aromatic hydroxyl groups is 1. The summed E-state index contributed by atoms with van der Waals surface area (Å²) in [5.41, 5.74) is 2.20. The molecule has 1 amide bonds. The fourth-order valence-corrected chi connectivity index (χ4v) is 4.66. The summed E-state index contributed by atoms with van der Waals surface area (Å²) in [4.78, 5) is 30.0. The Morgan fingerprint density at radius 3 is 2.62 bits per heavy atom. The zero-order valence-corrected chi connectivity index (χ0v) is 19.9. The summed E-state index contributed by atoms with van der Waals surface area (Å²) < 4.78 is 0. The molecule has 3 heterocycles. The van der Waals surface area contributed by atoms with E-state index < -0.39 is 5.54 Å². The Morgan fingerprint density at radius 2 is 1.88 bits per heavy atom. The van der Waals surface area contributed by atoms with Crippen LogP contribution in [0.25, 0.3) is 10.9 Å². The molecular weight excluding hydrogens is 450 g/mol. The number of likely N-dealkylation sites (N-methyl/N-ethyl adjacent to an activating group) is 1. The van der Waals surface area contributed by atoms with E-state index in [1.165, 1.54) is 0 Å². The number of amides is 1. The molecule has 1 fully saturated rings. The average Bonchev–Trinajstić information content (AvgIpc) is 3.36. The lowest BCUT2D eigenvalue weighted by Gasteiger charge is -2.34. The number of aromatic amines is 1. The Labute approximate surface area is 203 Å². The molecule has 1 unspecified atom stereocenters. The molecule has 2 aliphatic rings. The van der Waals surface area contributed by atoms with Gasteiger partial charge in [-0.3, -0.25) is 14.8 Å². The predicted octanol–water partition coefficient (Wildman–Crippen LogP) is 3.87. The number of rotatable bonds is 4. The highest BCUT2D eigenvalue weighted by Crippen LogP contribution is 2.34. The van der Waals surface area contributed by atoms with Crippen molar-refractivity contribution in [3.63, 3.8) is 0 Å². The third-order valence-corrected chi connectivity index (χ3v) is 6.70. The number of piperazine rings is 1. The first-order valence-corrected chi connectivity index (χ1v) is 11.6. The fourth-order valence-electron chi connectivity index (χ4n) is 4.49. The Bertz CT molecular complexity index is 1340. The molecular formula is C26H26ClN5O2. The van der Waals surface area contributed by atoms with E-state index in [1.54, 1.807) is 24.5 Å². The number of benzene rings is 2. The van der Waals surface area contributed by atoms with Crippen molar-refractivity contribution < 1.29 is 9.90 Å². The van der Waals surface area contributed by atoms with Crippen LogP contribution >= 0.6 is 11.6 Å². The van der Waals surface area contributed by atoms with E-state index in [2.05, 4.69) is 21.9 Å². The van der Waals surface area contributed by atoms with Gasteiger partial charge >= 0.3 is 0 Å². The van der Waals surface area contributed by atoms with Gasteiger partial charge in [-0.1, -0.05) is 48.0 Å². The number of aromatic nitrogens is 1. The van der Waals surface area contributed by atoms with Gasteiger partial charge in [0.2, 0.25) is 0 Å². The van der Waals surface area contributed by atoms with Crippen LogP contribution in [0.15, 0.2) is 70.3 Å². The number of nitrogens with one attached hydrogen (secondary N) is 1. The van der Waals surface area contributed by atoms with Gasteiger partial charge in [-0.15, -0.1) is 0 Å². The van der Waals surface area contributed by atoms with E-state index in [0.717, 1.165) is 24.0 Å². The van der Waals surface area contributed by atoms with Crippen LogP contribution in [-0.2, 0) is 4.79 Å². The minimum atomic E-state index is -0.978. The lowest BCUT2D eigenvalue weighted by molar-refractivity contribution is -0.129. The number of halogens is 1. The predicted molar refractivity (Wildman–Crippen MR) is 136 cm³/mol. The second-order valence-electron chi connectivity index (χ2n) is 8.93. The average molecular weight is 476 g/mol. The van der Waals surface area contributed by atoms with Crippen LogP contribution in [0, 0.1) is 0 Å². The molecule has 7 nitrogen and oxygen atoms in total. The first kappa shape index (κ1) is 22.4. The van der Waals surface area contributed by atoms with Crippen LogP contribution < -0.4 is 0 Å². The molecule has 1 atom stereocenters. The van der Waals surface area contributed by atoms with Crippen molar-refractivity contribution in [2.24, 2.45) is 9.98 Å². The Balaban J connectivity index is 1.62. The topological polar surface area (TPSA) is 84.3 Å². The summed E-state index contributed by atoms with van der Waals surface area (Å²) in [6.07, 6.45) is 3.31. The lowest BCUT2D eigenvalue weighted by atomic mass is 9.92. The van der Waals surface area contributed by atoms with Crippen molar-refractivity contribution in [3.05, 3.63) is 76.5 Å². The normalized spacial score (nSPS) is 21.3. The Hall–Kier alpha value is -3.42. The molecule has 8 heteroatoms. The SMILES string of the molecule is CN1CCN(C(=O)C2=CN=CC2(C)N=C(c2ccccc2)c2c(O)[nH]c3cc(Cl)ccc23)CC1. The number of nitrogens with zero attached hydrogens (tertiary/aromatic N) is 4. The molecule has 2 N–H and O–H groups in total. The highest BCUT2D eigenvalue weighted by molar-refractivity contribution is 6.31. The molecule has 1 saturated heterocycles. The Kier molecular flexibility index (Phi) is 5.75. The molecule has 0 saturated carbocycles. The summed E-state index contributed by atoms with van der Waals surface area (Å²) >= 11 is 6.17. The smallest absolute Gasteiger partial charge is 0.254 e. The third kappa shape index (κ3) is 4.02.